The molecular formula is C26H38N2O3. The van der Waals surface area contributed by atoms with E-state index in [-0.39, 0.29) is 5.60 Å². The summed E-state index contributed by atoms with van der Waals surface area (Å²) in [4.78, 5) is 4.62. The Morgan fingerprint density at radius 1 is 0.968 bits per heavy atom. The van der Waals surface area contributed by atoms with Gasteiger partial charge in [0.2, 0.25) is 0 Å². The first kappa shape index (κ1) is 23.6. The van der Waals surface area contributed by atoms with Crippen molar-refractivity contribution >= 4 is 0 Å². The second kappa shape index (κ2) is 11.0. The summed E-state index contributed by atoms with van der Waals surface area (Å²) < 4.78 is 17.9. The van der Waals surface area contributed by atoms with Crippen LogP contribution in [0.3, 0.4) is 0 Å². The molecule has 3 rings (SSSR count). The van der Waals surface area contributed by atoms with Crippen LogP contribution in [0.25, 0.3) is 0 Å². The predicted octanol–water partition coefficient (Wildman–Crippen LogP) is 4.30. The van der Waals surface area contributed by atoms with E-state index < -0.39 is 0 Å². The Labute approximate surface area is 187 Å². The number of piperidine rings is 1. The fourth-order valence-corrected chi connectivity index (χ4v) is 3.99. The zero-order valence-electron chi connectivity index (χ0n) is 19.8. The van der Waals surface area contributed by atoms with Gasteiger partial charge in [0.1, 0.15) is 30.3 Å². The van der Waals surface area contributed by atoms with Crippen molar-refractivity contribution in [1.29, 1.82) is 0 Å². The minimum Gasteiger partial charge on any atom is -0.492 e. The maximum absolute atomic E-state index is 6.18. The van der Waals surface area contributed by atoms with E-state index in [4.69, 9.17) is 14.2 Å². The van der Waals surface area contributed by atoms with Gasteiger partial charge in [0.25, 0.3) is 0 Å². The summed E-state index contributed by atoms with van der Waals surface area (Å²) in [6, 6.07) is 14.8. The van der Waals surface area contributed by atoms with Crippen molar-refractivity contribution in [3.8, 4) is 11.5 Å². The van der Waals surface area contributed by atoms with Crippen LogP contribution < -0.4 is 9.47 Å². The van der Waals surface area contributed by atoms with Crippen LogP contribution in [0, 0.1) is 13.8 Å². The molecule has 31 heavy (non-hydrogen) atoms. The van der Waals surface area contributed by atoms with Crippen molar-refractivity contribution in [3.05, 3.63) is 59.2 Å². The largest absolute Gasteiger partial charge is 0.492 e. The summed E-state index contributed by atoms with van der Waals surface area (Å²) in [6.07, 6.45) is 1.94. The number of methoxy groups -OCH3 is 1. The molecule has 0 atom stereocenters. The standard InChI is InChI=1S/C26H38N2O3/c1-21-6-11-25(22(2)18-21)31-20-26(29-5)12-14-28(15-13-26)19-23-7-9-24(10-8-23)30-17-16-27(3)4/h6-11,18H,12-17,19-20H2,1-5H3. The third-order valence-electron chi connectivity index (χ3n) is 6.16. The van der Waals surface area contributed by atoms with Gasteiger partial charge in [-0.15, -0.1) is 0 Å². The Hall–Kier alpha value is -2.08. The lowest BCUT2D eigenvalue weighted by Crippen LogP contribution is -2.48. The monoisotopic (exact) mass is 426 g/mol. The Morgan fingerprint density at radius 2 is 1.68 bits per heavy atom. The molecule has 0 N–H and O–H groups in total. The molecule has 1 heterocycles. The zero-order chi connectivity index (χ0) is 22.3. The van der Waals surface area contributed by atoms with Gasteiger partial charge in [0.05, 0.1) is 0 Å². The molecule has 1 aliphatic heterocycles. The lowest BCUT2D eigenvalue weighted by Gasteiger charge is -2.40. The average Bonchev–Trinajstić information content (AvgIpc) is 2.75. The number of rotatable bonds is 10. The van der Waals surface area contributed by atoms with Crippen LogP contribution in [-0.2, 0) is 11.3 Å². The molecule has 5 heteroatoms. The number of likely N-dealkylation sites (tertiary alicyclic amines) is 1. The quantitative estimate of drug-likeness (QED) is 0.566. The number of nitrogens with zero attached hydrogens (tertiary/aromatic N) is 2. The molecule has 170 valence electrons. The maximum Gasteiger partial charge on any atom is 0.122 e. The number of hydrogen-bond donors (Lipinski definition) is 0. The second-order valence-electron chi connectivity index (χ2n) is 9.02. The van der Waals surface area contributed by atoms with Crippen LogP contribution in [0.15, 0.2) is 42.5 Å². The Bertz CT molecular complexity index is 812. The van der Waals surface area contributed by atoms with Crippen molar-refractivity contribution < 1.29 is 14.2 Å². The van der Waals surface area contributed by atoms with Gasteiger partial charge in [0.15, 0.2) is 0 Å². The van der Waals surface area contributed by atoms with Crippen LogP contribution in [0.4, 0.5) is 0 Å². The molecule has 5 nitrogen and oxygen atoms in total. The number of benzene rings is 2. The molecule has 0 aliphatic carbocycles. The minimum atomic E-state index is -0.210. The highest BCUT2D eigenvalue weighted by Crippen LogP contribution is 2.29. The topological polar surface area (TPSA) is 34.2 Å². The van der Waals surface area contributed by atoms with Gasteiger partial charge in [-0.3, -0.25) is 4.90 Å². The molecule has 0 saturated carbocycles. The smallest absolute Gasteiger partial charge is 0.122 e. The minimum absolute atomic E-state index is 0.210. The van der Waals surface area contributed by atoms with E-state index in [0.717, 1.165) is 50.5 Å². The first-order chi connectivity index (χ1) is 14.9. The summed E-state index contributed by atoms with van der Waals surface area (Å²) in [5, 5.41) is 0. The van der Waals surface area contributed by atoms with Crippen molar-refractivity contribution in [2.45, 2.75) is 38.8 Å². The molecule has 0 amide bonds. The summed E-state index contributed by atoms with van der Waals surface area (Å²) in [5.74, 6) is 1.89. The van der Waals surface area contributed by atoms with Gasteiger partial charge in [-0.05, 0) is 70.1 Å². The third kappa shape index (κ3) is 6.96. The normalized spacial score (nSPS) is 16.5. The van der Waals surface area contributed by atoms with Crippen molar-refractivity contribution in [2.75, 3.05) is 54.1 Å². The first-order valence-corrected chi connectivity index (χ1v) is 11.2. The fourth-order valence-electron chi connectivity index (χ4n) is 3.99. The highest BCUT2D eigenvalue weighted by Gasteiger charge is 2.35. The van der Waals surface area contributed by atoms with Gasteiger partial charge in [0, 0.05) is 33.3 Å². The second-order valence-corrected chi connectivity index (χ2v) is 9.02. The Kier molecular flexibility index (Phi) is 8.35. The third-order valence-corrected chi connectivity index (χ3v) is 6.16. The average molecular weight is 427 g/mol. The lowest BCUT2D eigenvalue weighted by atomic mass is 9.91. The molecule has 1 saturated heterocycles. The van der Waals surface area contributed by atoms with Crippen LogP contribution in [-0.4, -0.2) is 69.5 Å². The van der Waals surface area contributed by atoms with Gasteiger partial charge >= 0.3 is 0 Å². The van der Waals surface area contributed by atoms with E-state index in [1.54, 1.807) is 0 Å². The molecule has 1 fully saturated rings. The maximum atomic E-state index is 6.18. The van der Waals surface area contributed by atoms with E-state index in [1.165, 1.54) is 16.7 Å². The van der Waals surface area contributed by atoms with Crippen LogP contribution in [0.5, 0.6) is 11.5 Å². The highest BCUT2D eigenvalue weighted by atomic mass is 16.5. The first-order valence-electron chi connectivity index (χ1n) is 11.2. The van der Waals surface area contributed by atoms with E-state index in [2.05, 4.69) is 80.2 Å². The van der Waals surface area contributed by atoms with Gasteiger partial charge in [-0.1, -0.05) is 29.8 Å². The summed E-state index contributed by atoms with van der Waals surface area (Å²) >= 11 is 0. The van der Waals surface area contributed by atoms with E-state index in [9.17, 15) is 0 Å². The molecule has 0 bridgehead atoms. The highest BCUT2D eigenvalue weighted by molar-refractivity contribution is 5.35. The van der Waals surface area contributed by atoms with Crippen LogP contribution in [0.1, 0.15) is 29.5 Å². The van der Waals surface area contributed by atoms with Gasteiger partial charge in [-0.2, -0.15) is 0 Å². The molecule has 2 aromatic rings. The number of likely N-dealkylation sites (N-methyl/N-ethyl adjacent to an activating group) is 1. The van der Waals surface area contributed by atoms with Gasteiger partial charge < -0.3 is 19.1 Å². The SMILES string of the molecule is COC1(COc2ccc(C)cc2C)CCN(Cc2ccc(OCCN(C)C)cc2)CC1. The van der Waals surface area contributed by atoms with Gasteiger partial charge in [-0.25, -0.2) is 0 Å². The van der Waals surface area contributed by atoms with Crippen LogP contribution >= 0.6 is 0 Å². The van der Waals surface area contributed by atoms with E-state index in [1.807, 2.05) is 7.11 Å². The summed E-state index contributed by atoms with van der Waals surface area (Å²) in [5.41, 5.74) is 3.54. The summed E-state index contributed by atoms with van der Waals surface area (Å²) in [7, 11) is 5.92. The lowest BCUT2D eigenvalue weighted by molar-refractivity contribution is -0.0840. The molecule has 0 unspecified atom stereocenters. The van der Waals surface area contributed by atoms with E-state index in [0.29, 0.717) is 13.2 Å². The molecule has 0 spiro atoms. The number of aryl methyl sites for hydroxylation is 2. The number of hydrogen-bond acceptors (Lipinski definition) is 5. The van der Waals surface area contributed by atoms with Crippen LogP contribution in [0.2, 0.25) is 0 Å². The molecule has 1 aliphatic rings. The zero-order valence-corrected chi connectivity index (χ0v) is 19.8. The molecule has 2 aromatic carbocycles. The Morgan fingerprint density at radius 3 is 2.29 bits per heavy atom. The molecule has 0 radical (unpaired) electrons. The van der Waals surface area contributed by atoms with Crippen molar-refractivity contribution in [2.24, 2.45) is 0 Å². The summed E-state index contributed by atoms with van der Waals surface area (Å²) in [6.45, 7) is 9.40. The Balaban J connectivity index is 1.47. The predicted molar refractivity (Wildman–Crippen MR) is 126 cm³/mol. The van der Waals surface area contributed by atoms with E-state index >= 15 is 0 Å². The molecule has 0 aromatic heterocycles. The number of ether oxygens (including phenoxy) is 3. The van der Waals surface area contributed by atoms with Crippen molar-refractivity contribution in [1.82, 2.24) is 9.80 Å². The van der Waals surface area contributed by atoms with Crippen molar-refractivity contribution in [3.63, 3.8) is 0 Å². The fraction of sp³-hybridized carbons (Fsp3) is 0.538. The molecular weight excluding hydrogens is 388 g/mol.